The van der Waals surface area contributed by atoms with Crippen molar-refractivity contribution in [1.29, 1.82) is 0 Å². The van der Waals surface area contributed by atoms with Crippen molar-refractivity contribution in [2.45, 2.75) is 19.0 Å². The summed E-state index contributed by atoms with van der Waals surface area (Å²) in [6, 6.07) is 13.6. The maximum absolute atomic E-state index is 13.3. The Morgan fingerprint density at radius 1 is 1.16 bits per heavy atom. The second-order valence-corrected chi connectivity index (χ2v) is 7.76. The molecular weight excluding hydrogens is 411 g/mol. The summed E-state index contributed by atoms with van der Waals surface area (Å²) in [6.07, 6.45) is 3.87. The third kappa shape index (κ3) is 3.41. The van der Waals surface area contributed by atoms with E-state index in [9.17, 15) is 19.1 Å². The largest absolute Gasteiger partial charge is 0.507 e. The van der Waals surface area contributed by atoms with Crippen molar-refractivity contribution >= 4 is 17.4 Å². The Morgan fingerprint density at radius 2 is 1.97 bits per heavy atom. The number of aliphatic hydroxyl groups is 1. The number of carbonyl (C=O) groups is 2. The number of likely N-dealkylation sites (tertiary alicyclic amines) is 1. The molecule has 1 N–H and O–H groups in total. The first-order chi connectivity index (χ1) is 15.5. The number of nitrogens with zero attached hydrogens (tertiary/aromatic N) is 2. The van der Waals surface area contributed by atoms with Gasteiger partial charge in [-0.15, -0.1) is 0 Å². The summed E-state index contributed by atoms with van der Waals surface area (Å²) in [5.74, 6) is -1.37. The van der Waals surface area contributed by atoms with Crippen LogP contribution in [0.3, 0.4) is 0 Å². The molecule has 5 rings (SSSR count). The molecule has 1 fully saturated rings. The lowest BCUT2D eigenvalue weighted by atomic mass is 9.95. The van der Waals surface area contributed by atoms with Crippen LogP contribution in [0.25, 0.3) is 5.76 Å². The number of aromatic nitrogens is 1. The van der Waals surface area contributed by atoms with Gasteiger partial charge in [-0.1, -0.05) is 18.2 Å². The molecule has 1 aromatic heterocycles. The number of hydrogen-bond donors (Lipinski definition) is 1. The summed E-state index contributed by atoms with van der Waals surface area (Å²) >= 11 is 0. The molecule has 1 atom stereocenters. The SMILES string of the molecule is O=C1C(=O)N(Cc2ccc(F)cc2)C(c2cccnc2)/C1=C(/O)c1ccc2c(c1)CCO2. The number of pyridine rings is 1. The van der Waals surface area contributed by atoms with Crippen LogP contribution in [-0.2, 0) is 22.6 Å². The van der Waals surface area contributed by atoms with Gasteiger partial charge in [-0.2, -0.15) is 0 Å². The lowest BCUT2D eigenvalue weighted by molar-refractivity contribution is -0.140. The Morgan fingerprint density at radius 3 is 2.72 bits per heavy atom. The first-order valence-electron chi connectivity index (χ1n) is 10.2. The average Bonchev–Trinajstić information content (AvgIpc) is 3.38. The molecule has 2 aliphatic rings. The van der Waals surface area contributed by atoms with Crippen molar-refractivity contribution in [3.8, 4) is 5.75 Å². The van der Waals surface area contributed by atoms with Gasteiger partial charge in [0.05, 0.1) is 18.2 Å². The molecule has 0 bridgehead atoms. The molecule has 0 radical (unpaired) electrons. The highest BCUT2D eigenvalue weighted by Gasteiger charge is 2.46. The van der Waals surface area contributed by atoms with E-state index in [0.29, 0.717) is 29.7 Å². The molecule has 1 amide bonds. The lowest BCUT2D eigenvalue weighted by Gasteiger charge is -2.25. The van der Waals surface area contributed by atoms with E-state index in [1.54, 1.807) is 54.9 Å². The molecule has 1 saturated heterocycles. The summed E-state index contributed by atoms with van der Waals surface area (Å²) in [6.45, 7) is 0.649. The van der Waals surface area contributed by atoms with Gasteiger partial charge in [-0.3, -0.25) is 14.6 Å². The molecule has 1 unspecified atom stereocenters. The predicted molar refractivity (Wildman–Crippen MR) is 114 cm³/mol. The van der Waals surface area contributed by atoms with E-state index in [2.05, 4.69) is 4.98 Å². The summed E-state index contributed by atoms with van der Waals surface area (Å²) in [5.41, 5.74) is 2.65. The number of aliphatic hydroxyl groups excluding tert-OH is 1. The highest BCUT2D eigenvalue weighted by Crippen LogP contribution is 2.40. The monoisotopic (exact) mass is 430 g/mol. The van der Waals surface area contributed by atoms with Crippen LogP contribution in [0.4, 0.5) is 4.39 Å². The average molecular weight is 430 g/mol. The van der Waals surface area contributed by atoms with Crippen molar-refractivity contribution in [2.75, 3.05) is 6.61 Å². The van der Waals surface area contributed by atoms with Gasteiger partial charge in [0.25, 0.3) is 11.7 Å². The van der Waals surface area contributed by atoms with Crippen LogP contribution < -0.4 is 4.74 Å². The second kappa shape index (κ2) is 7.92. The molecular formula is C25H19FN2O4. The molecule has 3 heterocycles. The zero-order valence-corrected chi connectivity index (χ0v) is 17.0. The Kier molecular flexibility index (Phi) is 4.93. The van der Waals surface area contributed by atoms with Crippen molar-refractivity contribution in [2.24, 2.45) is 0 Å². The number of Topliss-reactive ketones (excluding diaryl/α,β-unsaturated/α-hetero) is 1. The number of rotatable bonds is 4. The van der Waals surface area contributed by atoms with E-state index >= 15 is 0 Å². The fourth-order valence-corrected chi connectivity index (χ4v) is 4.20. The lowest BCUT2D eigenvalue weighted by Crippen LogP contribution is -2.29. The van der Waals surface area contributed by atoms with Crippen molar-refractivity contribution in [3.05, 3.63) is 101 Å². The molecule has 3 aromatic rings. The summed E-state index contributed by atoms with van der Waals surface area (Å²) < 4.78 is 18.9. The fourth-order valence-electron chi connectivity index (χ4n) is 4.20. The molecule has 2 aromatic carbocycles. The van der Waals surface area contributed by atoms with Gasteiger partial charge in [0, 0.05) is 30.9 Å². The Hall–Kier alpha value is -4.00. The fraction of sp³-hybridized carbons (Fsp3) is 0.160. The van der Waals surface area contributed by atoms with E-state index in [0.717, 1.165) is 11.3 Å². The smallest absolute Gasteiger partial charge is 0.295 e. The van der Waals surface area contributed by atoms with Gasteiger partial charge < -0.3 is 14.7 Å². The minimum absolute atomic E-state index is 0.00368. The van der Waals surface area contributed by atoms with Gasteiger partial charge in [-0.25, -0.2) is 4.39 Å². The Balaban J connectivity index is 1.62. The van der Waals surface area contributed by atoms with E-state index in [-0.39, 0.29) is 23.7 Å². The third-order valence-electron chi connectivity index (χ3n) is 5.77. The molecule has 6 nitrogen and oxygen atoms in total. The van der Waals surface area contributed by atoms with Crippen LogP contribution in [-0.4, -0.2) is 33.3 Å². The third-order valence-corrected chi connectivity index (χ3v) is 5.77. The number of amides is 1. The maximum Gasteiger partial charge on any atom is 0.295 e. The number of ketones is 1. The molecule has 0 spiro atoms. The number of ether oxygens (including phenoxy) is 1. The van der Waals surface area contributed by atoms with E-state index in [1.165, 1.54) is 17.0 Å². The minimum Gasteiger partial charge on any atom is -0.507 e. The van der Waals surface area contributed by atoms with Crippen LogP contribution in [0.15, 0.2) is 72.6 Å². The van der Waals surface area contributed by atoms with Gasteiger partial charge in [0.2, 0.25) is 0 Å². The summed E-state index contributed by atoms with van der Waals surface area (Å²) in [7, 11) is 0. The van der Waals surface area contributed by atoms with E-state index < -0.39 is 17.7 Å². The molecule has 7 heteroatoms. The van der Waals surface area contributed by atoms with Gasteiger partial charge in [-0.05, 0) is 53.1 Å². The molecule has 32 heavy (non-hydrogen) atoms. The minimum atomic E-state index is -0.821. The molecule has 2 aliphatic heterocycles. The Bertz CT molecular complexity index is 1240. The zero-order chi connectivity index (χ0) is 22.2. The van der Waals surface area contributed by atoms with Crippen LogP contribution >= 0.6 is 0 Å². The summed E-state index contributed by atoms with van der Waals surface area (Å²) in [4.78, 5) is 31.6. The van der Waals surface area contributed by atoms with Crippen molar-refractivity contribution in [1.82, 2.24) is 9.88 Å². The number of hydrogen-bond acceptors (Lipinski definition) is 5. The number of fused-ring (bicyclic) bond motifs is 1. The molecule has 160 valence electrons. The van der Waals surface area contributed by atoms with Gasteiger partial charge >= 0.3 is 0 Å². The van der Waals surface area contributed by atoms with Crippen LogP contribution in [0.5, 0.6) is 5.75 Å². The highest BCUT2D eigenvalue weighted by atomic mass is 19.1. The van der Waals surface area contributed by atoms with Gasteiger partial charge in [0.15, 0.2) is 0 Å². The summed E-state index contributed by atoms with van der Waals surface area (Å²) in [5, 5.41) is 11.2. The van der Waals surface area contributed by atoms with Crippen LogP contribution in [0, 0.1) is 5.82 Å². The van der Waals surface area contributed by atoms with E-state index in [4.69, 9.17) is 4.74 Å². The van der Waals surface area contributed by atoms with Gasteiger partial charge in [0.1, 0.15) is 17.3 Å². The first-order valence-corrected chi connectivity index (χ1v) is 10.2. The van der Waals surface area contributed by atoms with Crippen molar-refractivity contribution in [3.63, 3.8) is 0 Å². The van der Waals surface area contributed by atoms with Crippen molar-refractivity contribution < 1.29 is 23.8 Å². The molecule has 0 aliphatic carbocycles. The molecule has 0 saturated carbocycles. The standard InChI is InChI=1S/C25H19FN2O4/c26-19-6-3-15(4-7-19)14-28-22(18-2-1-10-27-13-18)21(24(30)25(28)31)23(29)17-5-8-20-16(12-17)9-11-32-20/h1-8,10,12-13,22,29H,9,11,14H2/b23-21-. The topological polar surface area (TPSA) is 79.7 Å². The Labute approximate surface area is 183 Å². The number of halogens is 1. The zero-order valence-electron chi connectivity index (χ0n) is 17.0. The normalized spacial score (nSPS) is 19.2. The van der Waals surface area contributed by atoms with Crippen LogP contribution in [0.1, 0.15) is 28.3 Å². The number of carbonyl (C=O) groups excluding carboxylic acids is 2. The second-order valence-electron chi connectivity index (χ2n) is 7.76. The maximum atomic E-state index is 13.3. The quantitative estimate of drug-likeness (QED) is 0.387. The highest BCUT2D eigenvalue weighted by molar-refractivity contribution is 6.46. The number of benzene rings is 2. The first kappa shape index (κ1) is 19.9. The van der Waals surface area contributed by atoms with E-state index in [1.807, 2.05) is 0 Å². The predicted octanol–water partition coefficient (Wildman–Crippen LogP) is 3.78. The van der Waals surface area contributed by atoms with Crippen LogP contribution in [0.2, 0.25) is 0 Å².